The van der Waals surface area contributed by atoms with E-state index in [0.29, 0.717) is 6.54 Å². The number of aliphatic hydroxyl groups excluding tert-OH is 1. The molecule has 18 heavy (non-hydrogen) atoms. The summed E-state index contributed by atoms with van der Waals surface area (Å²) >= 11 is 0. The molecule has 1 unspecified atom stereocenters. The number of likely N-dealkylation sites (tertiary alicyclic amines) is 1. The van der Waals surface area contributed by atoms with Crippen LogP contribution in [0.4, 0.5) is 4.79 Å². The SMILES string of the molecule is CCCN(C(=O)N1CC(O)C[C@H]1C(=O)O)C(C)C. The highest BCUT2D eigenvalue weighted by Gasteiger charge is 2.40. The number of aliphatic hydroxyl groups is 1. The summed E-state index contributed by atoms with van der Waals surface area (Å²) < 4.78 is 0. The van der Waals surface area contributed by atoms with Crippen LogP contribution in [0.3, 0.4) is 0 Å². The summed E-state index contributed by atoms with van der Waals surface area (Å²) in [6, 6.07) is -1.19. The van der Waals surface area contributed by atoms with Crippen molar-refractivity contribution in [2.24, 2.45) is 0 Å². The van der Waals surface area contributed by atoms with E-state index in [9.17, 15) is 14.7 Å². The van der Waals surface area contributed by atoms with Crippen molar-refractivity contribution >= 4 is 12.0 Å². The average Bonchev–Trinajstić information content (AvgIpc) is 2.67. The number of carboxylic acid groups (broad SMARTS) is 1. The highest BCUT2D eigenvalue weighted by molar-refractivity contribution is 5.83. The topological polar surface area (TPSA) is 81.1 Å². The van der Waals surface area contributed by atoms with Crippen LogP contribution >= 0.6 is 0 Å². The molecular formula is C12H22N2O4. The van der Waals surface area contributed by atoms with Crippen LogP contribution in [-0.2, 0) is 4.79 Å². The van der Waals surface area contributed by atoms with Gasteiger partial charge in [-0.1, -0.05) is 6.92 Å². The molecule has 2 N–H and O–H groups in total. The molecule has 0 spiro atoms. The van der Waals surface area contributed by atoms with Crippen molar-refractivity contribution in [1.29, 1.82) is 0 Å². The average molecular weight is 258 g/mol. The van der Waals surface area contributed by atoms with Gasteiger partial charge in [-0.05, 0) is 20.3 Å². The van der Waals surface area contributed by atoms with Crippen LogP contribution in [-0.4, -0.2) is 63.3 Å². The van der Waals surface area contributed by atoms with Gasteiger partial charge in [0.25, 0.3) is 0 Å². The van der Waals surface area contributed by atoms with E-state index in [2.05, 4.69) is 0 Å². The molecule has 0 saturated carbocycles. The molecule has 1 saturated heterocycles. The van der Waals surface area contributed by atoms with Gasteiger partial charge in [-0.3, -0.25) is 0 Å². The van der Waals surface area contributed by atoms with Gasteiger partial charge in [-0.25, -0.2) is 9.59 Å². The predicted molar refractivity (Wildman–Crippen MR) is 66.3 cm³/mol. The Balaban J connectivity index is 2.83. The van der Waals surface area contributed by atoms with Gasteiger partial charge < -0.3 is 20.0 Å². The van der Waals surface area contributed by atoms with Crippen molar-refractivity contribution in [3.8, 4) is 0 Å². The van der Waals surface area contributed by atoms with Gasteiger partial charge in [-0.15, -0.1) is 0 Å². The number of hydrogen-bond acceptors (Lipinski definition) is 3. The number of nitrogens with zero attached hydrogens (tertiary/aromatic N) is 2. The van der Waals surface area contributed by atoms with E-state index < -0.39 is 18.1 Å². The Hall–Kier alpha value is -1.30. The maximum Gasteiger partial charge on any atom is 0.326 e. The Morgan fingerprint density at radius 2 is 2.06 bits per heavy atom. The molecule has 1 fully saturated rings. The lowest BCUT2D eigenvalue weighted by molar-refractivity contribution is -0.141. The Labute approximate surface area is 107 Å². The van der Waals surface area contributed by atoms with Gasteiger partial charge in [0.2, 0.25) is 0 Å². The molecule has 1 rings (SSSR count). The lowest BCUT2D eigenvalue weighted by Gasteiger charge is -2.32. The first-order valence-electron chi connectivity index (χ1n) is 6.36. The van der Waals surface area contributed by atoms with E-state index in [1.807, 2.05) is 20.8 Å². The fourth-order valence-electron chi connectivity index (χ4n) is 2.24. The lowest BCUT2D eigenvalue weighted by atomic mass is 10.2. The van der Waals surface area contributed by atoms with Crippen LogP contribution in [0.5, 0.6) is 0 Å². The number of carboxylic acids is 1. The maximum atomic E-state index is 12.3. The van der Waals surface area contributed by atoms with Crippen molar-refractivity contribution in [1.82, 2.24) is 9.80 Å². The summed E-state index contributed by atoms with van der Waals surface area (Å²) in [5, 5.41) is 18.6. The highest BCUT2D eigenvalue weighted by atomic mass is 16.4. The zero-order chi connectivity index (χ0) is 13.9. The summed E-state index contributed by atoms with van der Waals surface area (Å²) in [7, 11) is 0. The van der Waals surface area contributed by atoms with Gasteiger partial charge in [0.15, 0.2) is 0 Å². The number of hydrogen-bond donors (Lipinski definition) is 2. The third-order valence-corrected chi connectivity index (χ3v) is 3.14. The van der Waals surface area contributed by atoms with Crippen molar-refractivity contribution in [3.05, 3.63) is 0 Å². The molecule has 0 radical (unpaired) electrons. The van der Waals surface area contributed by atoms with Gasteiger partial charge in [0.05, 0.1) is 6.10 Å². The van der Waals surface area contributed by atoms with Crippen molar-refractivity contribution in [2.45, 2.75) is 51.8 Å². The molecule has 6 heteroatoms. The molecule has 2 atom stereocenters. The third kappa shape index (κ3) is 3.13. The number of amides is 2. The smallest absolute Gasteiger partial charge is 0.326 e. The molecule has 0 aliphatic carbocycles. The summed E-state index contributed by atoms with van der Waals surface area (Å²) in [6.07, 6.45) is 0.183. The summed E-state index contributed by atoms with van der Waals surface area (Å²) in [6.45, 7) is 6.46. The second-order valence-corrected chi connectivity index (χ2v) is 4.97. The normalized spacial score (nSPS) is 23.5. The number of urea groups is 1. The largest absolute Gasteiger partial charge is 0.480 e. The molecule has 0 aromatic rings. The molecule has 1 heterocycles. The fourth-order valence-corrected chi connectivity index (χ4v) is 2.24. The first-order valence-corrected chi connectivity index (χ1v) is 6.36. The van der Waals surface area contributed by atoms with Crippen LogP contribution in [0.2, 0.25) is 0 Å². The Kier molecular flexibility index (Phi) is 4.95. The van der Waals surface area contributed by atoms with Crippen LogP contribution in [0.25, 0.3) is 0 Å². The summed E-state index contributed by atoms with van der Waals surface area (Å²) in [5.41, 5.74) is 0. The number of carbonyl (C=O) groups excluding carboxylic acids is 1. The number of rotatable bonds is 4. The van der Waals surface area contributed by atoms with Crippen LogP contribution < -0.4 is 0 Å². The molecule has 6 nitrogen and oxygen atoms in total. The van der Waals surface area contributed by atoms with Crippen LogP contribution in [0.1, 0.15) is 33.6 Å². The van der Waals surface area contributed by atoms with Crippen molar-refractivity contribution in [3.63, 3.8) is 0 Å². The van der Waals surface area contributed by atoms with E-state index >= 15 is 0 Å². The second-order valence-electron chi connectivity index (χ2n) is 4.97. The Morgan fingerprint density at radius 3 is 2.50 bits per heavy atom. The lowest BCUT2D eigenvalue weighted by Crippen LogP contribution is -2.50. The minimum atomic E-state index is -1.06. The standard InChI is InChI=1S/C12H22N2O4/c1-4-5-13(8(2)3)12(18)14-7-9(15)6-10(14)11(16)17/h8-10,15H,4-7H2,1-3H3,(H,16,17)/t9?,10-/m0/s1. The van der Waals surface area contributed by atoms with E-state index in [0.717, 1.165) is 6.42 Å². The molecule has 0 bridgehead atoms. The van der Waals surface area contributed by atoms with Crippen molar-refractivity contribution in [2.75, 3.05) is 13.1 Å². The number of carbonyl (C=O) groups is 2. The van der Waals surface area contributed by atoms with Gasteiger partial charge in [-0.2, -0.15) is 0 Å². The van der Waals surface area contributed by atoms with E-state index in [1.54, 1.807) is 4.90 Å². The van der Waals surface area contributed by atoms with E-state index in [1.165, 1.54) is 4.90 Å². The molecule has 0 aromatic heterocycles. The summed E-state index contributed by atoms with van der Waals surface area (Å²) in [4.78, 5) is 26.3. The first-order chi connectivity index (χ1) is 8.38. The van der Waals surface area contributed by atoms with E-state index in [-0.39, 0.29) is 25.0 Å². The second kappa shape index (κ2) is 6.04. The molecule has 104 valence electrons. The molecule has 1 aliphatic rings. The minimum absolute atomic E-state index is 0.0182. The summed E-state index contributed by atoms with van der Waals surface area (Å²) in [5.74, 6) is -1.06. The van der Waals surface area contributed by atoms with Crippen molar-refractivity contribution < 1.29 is 19.8 Å². The van der Waals surface area contributed by atoms with E-state index in [4.69, 9.17) is 5.11 Å². The highest BCUT2D eigenvalue weighted by Crippen LogP contribution is 2.21. The van der Waals surface area contributed by atoms with Crippen LogP contribution in [0.15, 0.2) is 0 Å². The molecular weight excluding hydrogens is 236 g/mol. The third-order valence-electron chi connectivity index (χ3n) is 3.14. The maximum absolute atomic E-state index is 12.3. The molecule has 1 aliphatic heterocycles. The zero-order valence-electron chi connectivity index (χ0n) is 11.2. The number of β-amino-alcohol motifs (C(OH)–C–C–N with tert-alkyl or cyclic N) is 1. The van der Waals surface area contributed by atoms with Gasteiger partial charge in [0.1, 0.15) is 6.04 Å². The predicted octanol–water partition coefficient (Wildman–Crippen LogP) is 0.747. The molecule has 2 amide bonds. The quantitative estimate of drug-likeness (QED) is 0.779. The zero-order valence-corrected chi connectivity index (χ0v) is 11.2. The fraction of sp³-hybridized carbons (Fsp3) is 0.833. The Morgan fingerprint density at radius 1 is 1.44 bits per heavy atom. The number of aliphatic carboxylic acids is 1. The first kappa shape index (κ1) is 14.8. The van der Waals surface area contributed by atoms with Gasteiger partial charge in [0, 0.05) is 25.6 Å². The molecule has 0 aromatic carbocycles. The van der Waals surface area contributed by atoms with Gasteiger partial charge >= 0.3 is 12.0 Å². The minimum Gasteiger partial charge on any atom is -0.480 e. The Bertz CT molecular complexity index is 319. The monoisotopic (exact) mass is 258 g/mol. The van der Waals surface area contributed by atoms with Crippen LogP contribution in [0, 0.1) is 0 Å².